The fourth-order valence-corrected chi connectivity index (χ4v) is 4.73. The third-order valence-electron chi connectivity index (χ3n) is 5.25. The van der Waals surface area contributed by atoms with Gasteiger partial charge in [-0.1, -0.05) is 36.4 Å². The number of aryl methyl sites for hydroxylation is 3. The lowest BCUT2D eigenvalue weighted by Gasteiger charge is -2.15. The summed E-state index contributed by atoms with van der Waals surface area (Å²) in [7, 11) is 0. The van der Waals surface area contributed by atoms with E-state index in [1.165, 1.54) is 9.44 Å². The summed E-state index contributed by atoms with van der Waals surface area (Å²) < 4.78 is 7.64. The van der Waals surface area contributed by atoms with Crippen LogP contribution in [0.5, 0.6) is 11.8 Å². The van der Waals surface area contributed by atoms with Crippen LogP contribution in [0.15, 0.2) is 65.5 Å². The maximum atomic E-state index is 13.7. The van der Waals surface area contributed by atoms with E-state index in [-0.39, 0.29) is 11.6 Å². The Morgan fingerprint density at radius 2 is 1.53 bits per heavy atom. The highest BCUT2D eigenvalue weighted by Crippen LogP contribution is 2.35. The third kappa shape index (κ3) is 2.88. The summed E-state index contributed by atoms with van der Waals surface area (Å²) in [6, 6.07) is 19.0. The molecule has 0 saturated carbocycles. The molecule has 0 atom stereocenters. The molecular formula is C24H19N3O2S. The number of aromatic nitrogens is 3. The van der Waals surface area contributed by atoms with Crippen molar-refractivity contribution in [3.8, 4) is 17.4 Å². The quantitative estimate of drug-likeness (QED) is 0.380. The smallest absolute Gasteiger partial charge is 0.310 e. The zero-order valence-electron chi connectivity index (χ0n) is 16.8. The van der Waals surface area contributed by atoms with Crippen molar-refractivity contribution in [2.75, 3.05) is 0 Å². The lowest BCUT2D eigenvalue weighted by Crippen LogP contribution is -2.22. The number of pyridine rings is 1. The molecular weight excluding hydrogens is 394 g/mol. The van der Waals surface area contributed by atoms with Gasteiger partial charge in [-0.2, -0.15) is 4.98 Å². The number of benzene rings is 2. The van der Waals surface area contributed by atoms with E-state index in [1.54, 1.807) is 11.3 Å². The molecule has 0 aliphatic heterocycles. The van der Waals surface area contributed by atoms with Crippen LogP contribution < -0.4 is 10.3 Å². The zero-order valence-corrected chi connectivity index (χ0v) is 17.7. The van der Waals surface area contributed by atoms with Crippen molar-refractivity contribution in [2.24, 2.45) is 0 Å². The van der Waals surface area contributed by atoms with Gasteiger partial charge in [0.05, 0.1) is 22.3 Å². The molecule has 6 heteroatoms. The number of rotatable bonds is 3. The number of thiophene rings is 1. The van der Waals surface area contributed by atoms with E-state index in [0.29, 0.717) is 28.0 Å². The number of fused-ring (bicyclic) bond motifs is 3. The summed E-state index contributed by atoms with van der Waals surface area (Å²) in [4.78, 5) is 25.4. The Bertz CT molecular complexity index is 1460. The molecule has 0 aliphatic carbocycles. The summed E-state index contributed by atoms with van der Waals surface area (Å²) >= 11 is 1.62. The van der Waals surface area contributed by atoms with E-state index in [4.69, 9.17) is 14.7 Å². The highest BCUT2D eigenvalue weighted by Gasteiger charge is 2.21. The fourth-order valence-electron chi connectivity index (χ4n) is 3.65. The van der Waals surface area contributed by atoms with E-state index < -0.39 is 0 Å². The minimum Gasteiger partial charge on any atom is -0.425 e. The van der Waals surface area contributed by atoms with Gasteiger partial charge < -0.3 is 4.74 Å². The first-order valence-corrected chi connectivity index (χ1v) is 10.5. The van der Waals surface area contributed by atoms with Gasteiger partial charge >= 0.3 is 6.01 Å². The van der Waals surface area contributed by atoms with E-state index in [0.717, 1.165) is 15.8 Å². The normalized spacial score (nSPS) is 11.3. The molecule has 5 rings (SSSR count). The first-order chi connectivity index (χ1) is 14.5. The SMILES string of the molecule is Cc1sc2nc(C)c3c(=O)n(-c4ccccc4)c(Oc4ccccc4)nc3c2c1C. The van der Waals surface area contributed by atoms with Crippen molar-refractivity contribution in [1.29, 1.82) is 0 Å². The van der Waals surface area contributed by atoms with E-state index >= 15 is 0 Å². The molecule has 148 valence electrons. The average Bonchev–Trinajstić information content (AvgIpc) is 3.02. The van der Waals surface area contributed by atoms with Gasteiger partial charge in [-0.25, -0.2) is 9.55 Å². The van der Waals surface area contributed by atoms with Crippen LogP contribution in [-0.2, 0) is 0 Å². The Kier molecular flexibility index (Phi) is 4.37. The zero-order chi connectivity index (χ0) is 20.8. The molecule has 0 N–H and O–H groups in total. The summed E-state index contributed by atoms with van der Waals surface area (Å²) in [6.45, 7) is 5.98. The van der Waals surface area contributed by atoms with Crippen LogP contribution in [0.4, 0.5) is 0 Å². The second-order valence-corrected chi connectivity index (χ2v) is 8.37. The molecule has 0 saturated heterocycles. The van der Waals surface area contributed by atoms with Gasteiger partial charge in [0.25, 0.3) is 5.56 Å². The minimum absolute atomic E-state index is 0.188. The van der Waals surface area contributed by atoms with Gasteiger partial charge in [-0.3, -0.25) is 4.79 Å². The second kappa shape index (κ2) is 7.07. The van der Waals surface area contributed by atoms with Gasteiger partial charge in [0, 0.05) is 10.3 Å². The summed E-state index contributed by atoms with van der Waals surface area (Å²) in [5.41, 5.74) is 2.92. The lowest BCUT2D eigenvalue weighted by molar-refractivity contribution is 0.427. The Hall–Kier alpha value is -3.51. The first-order valence-electron chi connectivity index (χ1n) is 9.66. The standard InChI is InChI=1S/C24H19N3O2S/c1-14-16(3)30-22-19(14)21-20(15(2)25-22)23(28)27(17-10-6-4-7-11-17)24(26-21)29-18-12-8-5-9-13-18/h4-13H,1-3H3. The Morgan fingerprint density at radius 1 is 0.867 bits per heavy atom. The molecule has 5 aromatic rings. The average molecular weight is 414 g/mol. The van der Waals surface area contributed by atoms with Crippen LogP contribution in [0.1, 0.15) is 16.1 Å². The number of ether oxygens (including phenoxy) is 1. The molecule has 0 fully saturated rings. The molecule has 3 aromatic heterocycles. The topological polar surface area (TPSA) is 57.0 Å². The lowest BCUT2D eigenvalue weighted by atomic mass is 10.1. The molecule has 0 spiro atoms. The van der Waals surface area contributed by atoms with Crippen LogP contribution in [0.2, 0.25) is 0 Å². The van der Waals surface area contributed by atoms with E-state index in [1.807, 2.05) is 74.5 Å². The molecule has 5 nitrogen and oxygen atoms in total. The van der Waals surface area contributed by atoms with E-state index in [9.17, 15) is 4.79 Å². The Balaban J connectivity index is 1.91. The van der Waals surface area contributed by atoms with Crippen LogP contribution in [0, 0.1) is 20.8 Å². The number of hydrogen-bond acceptors (Lipinski definition) is 5. The third-order valence-corrected chi connectivity index (χ3v) is 6.35. The predicted molar refractivity (Wildman–Crippen MR) is 121 cm³/mol. The predicted octanol–water partition coefficient (Wildman–Crippen LogP) is 5.71. The van der Waals surface area contributed by atoms with Crippen molar-refractivity contribution in [3.63, 3.8) is 0 Å². The molecule has 0 amide bonds. The highest BCUT2D eigenvalue weighted by atomic mass is 32.1. The first kappa shape index (κ1) is 18.5. The fraction of sp³-hybridized carbons (Fsp3) is 0.125. The van der Waals surface area contributed by atoms with Gasteiger partial charge in [0.1, 0.15) is 10.6 Å². The van der Waals surface area contributed by atoms with Crippen molar-refractivity contribution in [1.82, 2.24) is 14.5 Å². The summed E-state index contributed by atoms with van der Waals surface area (Å²) in [5.74, 6) is 0.619. The van der Waals surface area contributed by atoms with E-state index in [2.05, 4.69) is 6.92 Å². The van der Waals surface area contributed by atoms with Crippen molar-refractivity contribution in [2.45, 2.75) is 20.8 Å². The molecule has 0 aliphatic rings. The minimum atomic E-state index is -0.188. The molecule has 2 aromatic carbocycles. The van der Waals surface area contributed by atoms with Crippen molar-refractivity contribution >= 4 is 32.5 Å². The second-order valence-electron chi connectivity index (χ2n) is 7.17. The summed E-state index contributed by atoms with van der Waals surface area (Å²) in [5, 5.41) is 1.45. The molecule has 0 unspecified atom stereocenters. The van der Waals surface area contributed by atoms with Gasteiger partial charge in [-0.05, 0) is 50.6 Å². The van der Waals surface area contributed by atoms with Gasteiger partial charge in [0.15, 0.2) is 0 Å². The monoisotopic (exact) mass is 413 g/mol. The largest absolute Gasteiger partial charge is 0.425 e. The van der Waals surface area contributed by atoms with Crippen LogP contribution >= 0.6 is 11.3 Å². The number of nitrogens with zero attached hydrogens (tertiary/aromatic N) is 3. The highest BCUT2D eigenvalue weighted by molar-refractivity contribution is 7.18. The van der Waals surface area contributed by atoms with Crippen LogP contribution in [0.3, 0.4) is 0 Å². The Labute approximate surface area is 177 Å². The molecule has 30 heavy (non-hydrogen) atoms. The Morgan fingerprint density at radius 3 is 2.23 bits per heavy atom. The van der Waals surface area contributed by atoms with Gasteiger partial charge in [0.2, 0.25) is 0 Å². The van der Waals surface area contributed by atoms with Crippen molar-refractivity contribution < 1.29 is 4.74 Å². The number of para-hydroxylation sites is 2. The summed E-state index contributed by atoms with van der Waals surface area (Å²) in [6.07, 6.45) is 0. The maximum Gasteiger partial charge on any atom is 0.310 e. The molecule has 0 radical (unpaired) electrons. The van der Waals surface area contributed by atoms with Crippen LogP contribution in [-0.4, -0.2) is 14.5 Å². The number of hydrogen-bond donors (Lipinski definition) is 0. The molecule has 0 bridgehead atoms. The van der Waals surface area contributed by atoms with Crippen LogP contribution in [0.25, 0.3) is 26.8 Å². The maximum absolute atomic E-state index is 13.7. The van der Waals surface area contributed by atoms with Gasteiger partial charge in [-0.15, -0.1) is 11.3 Å². The van der Waals surface area contributed by atoms with Crippen molar-refractivity contribution in [3.05, 3.63) is 87.2 Å². The molecule has 3 heterocycles.